The minimum Gasteiger partial charge on any atom is -0.376 e. The molecule has 27 heavy (non-hydrogen) atoms. The molecule has 0 aromatic heterocycles. The van der Waals surface area contributed by atoms with Crippen molar-refractivity contribution in [1.82, 2.24) is 15.1 Å². The molecule has 2 rings (SSSR count). The van der Waals surface area contributed by atoms with Gasteiger partial charge < -0.3 is 24.6 Å². The van der Waals surface area contributed by atoms with Gasteiger partial charge in [-0.1, -0.05) is 0 Å². The number of rotatable bonds is 8. The normalized spacial score (nSPS) is 22.0. The molecule has 2 aliphatic heterocycles. The van der Waals surface area contributed by atoms with Crippen LogP contribution in [0.2, 0.25) is 0 Å². The molecule has 1 atom stereocenters. The van der Waals surface area contributed by atoms with Gasteiger partial charge in [0.1, 0.15) is 6.54 Å². The van der Waals surface area contributed by atoms with Crippen LogP contribution in [0, 0.1) is 0 Å². The molecule has 1 amide bonds. The molecule has 0 aromatic rings. The molecule has 2 aliphatic rings. The molecule has 0 radical (unpaired) electrons. The van der Waals surface area contributed by atoms with Gasteiger partial charge in [-0.2, -0.15) is 11.8 Å². The van der Waals surface area contributed by atoms with E-state index >= 15 is 0 Å². The number of hydrogen-bond donors (Lipinski definition) is 1. The van der Waals surface area contributed by atoms with Gasteiger partial charge in [0.2, 0.25) is 5.91 Å². The summed E-state index contributed by atoms with van der Waals surface area (Å²) in [7, 11) is 3.52. The van der Waals surface area contributed by atoms with Crippen LogP contribution in [0.4, 0.5) is 0 Å². The Labute approximate surface area is 168 Å². The molecule has 0 bridgehead atoms. The summed E-state index contributed by atoms with van der Waals surface area (Å²) in [4.78, 5) is 20.3. The average molecular weight is 401 g/mol. The second-order valence-corrected chi connectivity index (χ2v) is 8.34. The third-order valence-corrected chi connectivity index (χ3v) is 5.60. The Bertz CT molecular complexity index is 462. The number of likely N-dealkylation sites (N-methyl/N-ethyl adjacent to an activating group) is 1. The van der Waals surface area contributed by atoms with Crippen molar-refractivity contribution < 1.29 is 14.3 Å². The van der Waals surface area contributed by atoms with E-state index in [0.717, 1.165) is 63.8 Å². The third kappa shape index (κ3) is 8.27. The van der Waals surface area contributed by atoms with E-state index in [9.17, 15) is 4.79 Å². The Kier molecular flexibility index (Phi) is 10.3. The first-order chi connectivity index (χ1) is 13.1. The van der Waals surface area contributed by atoms with Crippen molar-refractivity contribution in [2.75, 3.05) is 65.5 Å². The molecule has 0 aliphatic carbocycles. The number of aliphatic imine (C=N–C) groups is 1. The molecule has 0 aromatic carbocycles. The summed E-state index contributed by atoms with van der Waals surface area (Å²) < 4.78 is 11.9. The Balaban J connectivity index is 1.78. The minimum atomic E-state index is 0.0184. The Morgan fingerprint density at radius 1 is 1.30 bits per heavy atom. The lowest BCUT2D eigenvalue weighted by atomic mass is 10.1. The molecule has 156 valence electrons. The Morgan fingerprint density at radius 2 is 2.07 bits per heavy atom. The number of piperidine rings is 1. The van der Waals surface area contributed by atoms with E-state index in [2.05, 4.69) is 21.5 Å². The highest BCUT2D eigenvalue weighted by molar-refractivity contribution is 7.98. The minimum absolute atomic E-state index is 0.0184. The summed E-state index contributed by atoms with van der Waals surface area (Å²) in [5, 5.41) is 3.41. The zero-order valence-corrected chi connectivity index (χ0v) is 17.9. The van der Waals surface area contributed by atoms with Crippen molar-refractivity contribution in [2.45, 2.75) is 44.3 Å². The lowest BCUT2D eigenvalue weighted by Crippen LogP contribution is -2.48. The maximum atomic E-state index is 11.9. The number of nitrogens with one attached hydrogen (secondary N) is 1. The summed E-state index contributed by atoms with van der Waals surface area (Å²) >= 11 is 1.80. The fraction of sp³-hybridized carbons (Fsp3) is 0.895. The quantitative estimate of drug-likeness (QED) is 0.378. The van der Waals surface area contributed by atoms with Gasteiger partial charge >= 0.3 is 0 Å². The van der Waals surface area contributed by atoms with Gasteiger partial charge in [-0.25, -0.2) is 4.99 Å². The van der Waals surface area contributed by atoms with Crippen molar-refractivity contribution in [3.63, 3.8) is 0 Å². The van der Waals surface area contributed by atoms with Gasteiger partial charge in [0.25, 0.3) is 0 Å². The molecule has 8 heteroatoms. The van der Waals surface area contributed by atoms with E-state index in [1.54, 1.807) is 30.8 Å². The van der Waals surface area contributed by atoms with Crippen molar-refractivity contribution >= 4 is 23.6 Å². The van der Waals surface area contributed by atoms with Gasteiger partial charge in [0.15, 0.2) is 5.96 Å². The molecule has 0 saturated carbocycles. The highest BCUT2D eigenvalue weighted by Gasteiger charge is 2.24. The van der Waals surface area contributed by atoms with Crippen LogP contribution in [0.15, 0.2) is 4.99 Å². The molecule has 0 spiro atoms. The monoisotopic (exact) mass is 400 g/mol. The fourth-order valence-electron chi connectivity index (χ4n) is 3.23. The first-order valence-corrected chi connectivity index (χ1v) is 11.4. The summed E-state index contributed by atoms with van der Waals surface area (Å²) in [6, 6.07) is 0. The van der Waals surface area contributed by atoms with E-state index in [1.807, 2.05) is 0 Å². The molecule has 2 fully saturated rings. The number of guanidine groups is 1. The molecule has 2 heterocycles. The fourth-order valence-corrected chi connectivity index (χ4v) is 3.54. The molecule has 2 saturated heterocycles. The predicted octanol–water partition coefficient (Wildman–Crippen LogP) is 1.43. The number of carbonyl (C=O) groups excluding carboxylic acids is 1. The second-order valence-electron chi connectivity index (χ2n) is 7.36. The Morgan fingerprint density at radius 3 is 2.70 bits per heavy atom. The average Bonchev–Trinajstić information content (AvgIpc) is 2.70. The van der Waals surface area contributed by atoms with E-state index in [0.29, 0.717) is 6.10 Å². The maximum absolute atomic E-state index is 11.9. The molecule has 1 unspecified atom stereocenters. The largest absolute Gasteiger partial charge is 0.376 e. The zero-order chi connectivity index (χ0) is 19.5. The molecule has 1 N–H and O–H groups in total. The summed E-state index contributed by atoms with van der Waals surface area (Å²) in [5.41, 5.74) is 0. The van der Waals surface area contributed by atoms with Gasteiger partial charge in [-0.05, 0) is 38.4 Å². The second kappa shape index (κ2) is 12.5. The van der Waals surface area contributed by atoms with Crippen LogP contribution in [0.3, 0.4) is 0 Å². The molecular weight excluding hydrogens is 364 g/mol. The predicted molar refractivity (Wildman–Crippen MR) is 112 cm³/mol. The summed E-state index contributed by atoms with van der Waals surface area (Å²) in [6.07, 6.45) is 8.18. The molecular formula is C19H36N4O3S. The number of nitrogens with zero attached hydrogens (tertiary/aromatic N) is 3. The van der Waals surface area contributed by atoms with Crippen molar-refractivity contribution in [3.8, 4) is 0 Å². The highest BCUT2D eigenvalue weighted by atomic mass is 32.2. The zero-order valence-electron chi connectivity index (χ0n) is 17.1. The summed E-state index contributed by atoms with van der Waals surface area (Å²) in [5.74, 6) is 1.87. The summed E-state index contributed by atoms with van der Waals surface area (Å²) in [6.45, 7) is 4.43. The van der Waals surface area contributed by atoms with E-state index in [-0.39, 0.29) is 18.6 Å². The van der Waals surface area contributed by atoms with Gasteiger partial charge in [0.05, 0.1) is 18.8 Å². The van der Waals surface area contributed by atoms with Crippen molar-refractivity contribution in [2.24, 2.45) is 4.99 Å². The van der Waals surface area contributed by atoms with Crippen LogP contribution in [0.1, 0.15) is 32.1 Å². The number of ether oxygens (including phenoxy) is 2. The number of carbonyl (C=O) groups is 1. The molecule has 7 nitrogen and oxygen atoms in total. The van der Waals surface area contributed by atoms with Crippen LogP contribution < -0.4 is 5.32 Å². The first kappa shape index (κ1) is 22.3. The highest BCUT2D eigenvalue weighted by Crippen LogP contribution is 2.18. The standard InChI is InChI=1S/C19H36N4O3S/c1-22(2)18(24)14-21-19(20-9-13-27-3)23-10-7-16(8-11-23)26-15-17-6-4-5-12-25-17/h16-17H,4-15H2,1-3H3,(H,20,21). The van der Waals surface area contributed by atoms with Gasteiger partial charge in [-0.15, -0.1) is 0 Å². The number of likely N-dealkylation sites (tertiary alicyclic amines) is 1. The van der Waals surface area contributed by atoms with Gasteiger partial charge in [0, 0.05) is 46.1 Å². The van der Waals surface area contributed by atoms with Crippen LogP contribution in [-0.4, -0.2) is 99.4 Å². The smallest absolute Gasteiger partial charge is 0.243 e. The van der Waals surface area contributed by atoms with Crippen LogP contribution >= 0.6 is 11.8 Å². The van der Waals surface area contributed by atoms with Crippen molar-refractivity contribution in [3.05, 3.63) is 0 Å². The maximum Gasteiger partial charge on any atom is 0.243 e. The Hall–Kier alpha value is -0.990. The number of thioether (sulfide) groups is 1. The first-order valence-electron chi connectivity index (χ1n) is 10.1. The lowest BCUT2D eigenvalue weighted by Gasteiger charge is -2.35. The van der Waals surface area contributed by atoms with Gasteiger partial charge in [-0.3, -0.25) is 4.79 Å². The van der Waals surface area contributed by atoms with Crippen LogP contribution in [-0.2, 0) is 14.3 Å². The SMILES string of the molecule is CSCCNC(=NCC(=O)N(C)C)N1CCC(OCC2CCCCO2)CC1. The van der Waals surface area contributed by atoms with E-state index in [1.165, 1.54) is 12.8 Å². The topological polar surface area (TPSA) is 66.4 Å². The lowest BCUT2D eigenvalue weighted by molar-refractivity contribution is -0.127. The van der Waals surface area contributed by atoms with E-state index in [4.69, 9.17) is 9.47 Å². The third-order valence-electron chi connectivity index (χ3n) is 4.99. The number of amides is 1. The number of hydrogen-bond acceptors (Lipinski definition) is 5. The van der Waals surface area contributed by atoms with Crippen LogP contribution in [0.5, 0.6) is 0 Å². The van der Waals surface area contributed by atoms with Crippen LogP contribution in [0.25, 0.3) is 0 Å². The van der Waals surface area contributed by atoms with E-state index < -0.39 is 0 Å². The van der Waals surface area contributed by atoms with Crippen molar-refractivity contribution in [1.29, 1.82) is 0 Å².